The third-order valence-electron chi connectivity index (χ3n) is 1.61. The Morgan fingerprint density at radius 1 is 1.44 bits per heavy atom. The second-order valence-corrected chi connectivity index (χ2v) is 4.58. The molecule has 0 spiro atoms. The highest BCUT2D eigenvalue weighted by molar-refractivity contribution is 7.80. The monoisotopic (exact) mass is 247 g/mol. The maximum Gasteiger partial charge on any atom is 0.413 e. The highest BCUT2D eigenvalue weighted by Crippen LogP contribution is 1.92. The Morgan fingerprint density at radius 2 is 2.06 bits per heavy atom. The highest BCUT2D eigenvalue weighted by atomic mass is 32.1. The normalized spacial score (nSPS) is 10.4. The Labute approximate surface area is 103 Å². The Bertz CT molecular complexity index is 232. The van der Waals surface area contributed by atoms with Crippen molar-refractivity contribution in [2.75, 3.05) is 33.8 Å². The van der Waals surface area contributed by atoms with Crippen molar-refractivity contribution in [2.24, 2.45) is 5.92 Å². The number of ether oxygens (including phenoxy) is 1. The molecule has 1 amide bonds. The highest BCUT2D eigenvalue weighted by Gasteiger charge is 2.05. The maximum absolute atomic E-state index is 11.2. The fourth-order valence-electron chi connectivity index (χ4n) is 0.808. The summed E-state index contributed by atoms with van der Waals surface area (Å²) in [5, 5.41) is 5.66. The number of likely N-dealkylation sites (N-methyl/N-ethyl adjacent to an activating group) is 1. The van der Waals surface area contributed by atoms with E-state index in [1.54, 1.807) is 0 Å². The fraction of sp³-hybridized carbons (Fsp3) is 0.800. The summed E-state index contributed by atoms with van der Waals surface area (Å²) in [5.74, 6) is 0.320. The van der Waals surface area contributed by atoms with Gasteiger partial charge in [-0.05, 0) is 32.2 Å². The SMILES string of the molecule is CC(C)COC(=O)NC(=S)NCCN(C)C. The van der Waals surface area contributed by atoms with E-state index < -0.39 is 6.09 Å². The minimum atomic E-state index is -0.504. The second-order valence-electron chi connectivity index (χ2n) is 4.18. The zero-order valence-corrected chi connectivity index (χ0v) is 11.2. The number of nitrogens with zero attached hydrogens (tertiary/aromatic N) is 1. The third kappa shape index (κ3) is 9.67. The van der Waals surface area contributed by atoms with E-state index in [1.807, 2.05) is 32.8 Å². The first-order valence-electron chi connectivity index (χ1n) is 5.28. The number of hydrogen-bond donors (Lipinski definition) is 2. The van der Waals surface area contributed by atoms with Crippen molar-refractivity contribution in [3.8, 4) is 0 Å². The lowest BCUT2D eigenvalue weighted by Gasteiger charge is -2.13. The van der Waals surface area contributed by atoms with E-state index in [1.165, 1.54) is 0 Å². The van der Waals surface area contributed by atoms with Crippen LogP contribution in [0.15, 0.2) is 0 Å². The zero-order chi connectivity index (χ0) is 12.6. The van der Waals surface area contributed by atoms with Crippen LogP contribution in [0.25, 0.3) is 0 Å². The molecule has 0 bridgehead atoms. The van der Waals surface area contributed by atoms with Crippen molar-refractivity contribution in [2.45, 2.75) is 13.8 Å². The first kappa shape index (κ1) is 15.1. The lowest BCUT2D eigenvalue weighted by atomic mass is 10.2. The molecule has 5 nitrogen and oxygen atoms in total. The van der Waals surface area contributed by atoms with Gasteiger partial charge in [0.15, 0.2) is 5.11 Å². The van der Waals surface area contributed by atoms with Crippen molar-refractivity contribution < 1.29 is 9.53 Å². The molecule has 0 saturated carbocycles. The molecular weight excluding hydrogens is 226 g/mol. The molecular formula is C10H21N3O2S. The van der Waals surface area contributed by atoms with E-state index in [0.717, 1.165) is 6.54 Å². The molecule has 0 aromatic carbocycles. The van der Waals surface area contributed by atoms with Crippen LogP contribution in [0, 0.1) is 5.92 Å². The Hall–Kier alpha value is -0.880. The van der Waals surface area contributed by atoms with Gasteiger partial charge in [0.05, 0.1) is 6.61 Å². The molecule has 0 unspecified atom stereocenters. The Balaban J connectivity index is 3.58. The summed E-state index contributed by atoms with van der Waals surface area (Å²) in [5.41, 5.74) is 0. The first-order chi connectivity index (χ1) is 7.41. The van der Waals surface area contributed by atoms with Gasteiger partial charge in [-0.2, -0.15) is 0 Å². The molecule has 0 heterocycles. The van der Waals surface area contributed by atoms with E-state index in [2.05, 4.69) is 10.6 Å². The minimum Gasteiger partial charge on any atom is -0.449 e. The molecule has 16 heavy (non-hydrogen) atoms. The molecule has 0 aliphatic heterocycles. The molecule has 0 fully saturated rings. The van der Waals surface area contributed by atoms with Crippen molar-refractivity contribution in [3.05, 3.63) is 0 Å². The second kappa shape index (κ2) is 8.29. The van der Waals surface area contributed by atoms with E-state index in [0.29, 0.717) is 24.2 Å². The molecule has 0 atom stereocenters. The number of thiocarbonyl (C=S) groups is 1. The quantitative estimate of drug-likeness (QED) is 0.704. The summed E-state index contributed by atoms with van der Waals surface area (Å²) < 4.78 is 4.91. The minimum absolute atomic E-state index is 0.301. The summed E-state index contributed by atoms with van der Waals surface area (Å²) in [6.07, 6.45) is -0.504. The lowest BCUT2D eigenvalue weighted by molar-refractivity contribution is 0.138. The first-order valence-corrected chi connectivity index (χ1v) is 5.69. The average Bonchev–Trinajstić information content (AvgIpc) is 2.14. The molecule has 94 valence electrons. The van der Waals surface area contributed by atoms with Crippen LogP contribution in [0.1, 0.15) is 13.8 Å². The number of amides is 1. The largest absolute Gasteiger partial charge is 0.449 e. The molecule has 0 aromatic rings. The van der Waals surface area contributed by atoms with Gasteiger partial charge < -0.3 is 15.0 Å². The van der Waals surface area contributed by atoms with Crippen molar-refractivity contribution in [1.29, 1.82) is 0 Å². The van der Waals surface area contributed by atoms with Gasteiger partial charge in [0.1, 0.15) is 0 Å². The van der Waals surface area contributed by atoms with E-state index in [-0.39, 0.29) is 0 Å². The van der Waals surface area contributed by atoms with Gasteiger partial charge in [0.25, 0.3) is 0 Å². The number of alkyl carbamates (subject to hydrolysis) is 1. The number of nitrogens with one attached hydrogen (secondary N) is 2. The summed E-state index contributed by atoms with van der Waals surface area (Å²) in [6.45, 7) is 5.88. The van der Waals surface area contributed by atoms with Crippen LogP contribution >= 0.6 is 12.2 Å². The molecule has 2 N–H and O–H groups in total. The lowest BCUT2D eigenvalue weighted by Crippen LogP contribution is -2.42. The summed E-state index contributed by atoms with van der Waals surface area (Å²) in [4.78, 5) is 13.2. The maximum atomic E-state index is 11.2. The number of hydrogen-bond acceptors (Lipinski definition) is 4. The van der Waals surface area contributed by atoms with Crippen molar-refractivity contribution >= 4 is 23.4 Å². The summed E-state index contributed by atoms with van der Waals surface area (Å²) >= 11 is 4.92. The van der Waals surface area contributed by atoms with E-state index >= 15 is 0 Å². The molecule has 0 aliphatic rings. The molecule has 0 radical (unpaired) electrons. The molecule has 0 aromatic heterocycles. The summed E-state index contributed by atoms with van der Waals surface area (Å²) in [6, 6.07) is 0. The van der Waals surface area contributed by atoms with Crippen LogP contribution in [0.3, 0.4) is 0 Å². The van der Waals surface area contributed by atoms with Gasteiger partial charge in [0.2, 0.25) is 0 Å². The standard InChI is InChI=1S/C10H21N3O2S/c1-8(2)7-15-10(14)12-9(16)11-5-6-13(3)4/h8H,5-7H2,1-4H3,(H2,11,12,14,16). The topological polar surface area (TPSA) is 53.6 Å². The van der Waals surface area contributed by atoms with Gasteiger partial charge in [-0.25, -0.2) is 4.79 Å². The van der Waals surface area contributed by atoms with Gasteiger partial charge in [-0.3, -0.25) is 5.32 Å². The van der Waals surface area contributed by atoms with Gasteiger partial charge >= 0.3 is 6.09 Å². The molecule has 0 aliphatic carbocycles. The Morgan fingerprint density at radius 3 is 2.56 bits per heavy atom. The van der Waals surface area contributed by atoms with Gasteiger partial charge in [-0.1, -0.05) is 13.8 Å². The summed E-state index contributed by atoms with van der Waals surface area (Å²) in [7, 11) is 3.93. The van der Waals surface area contributed by atoms with Crippen molar-refractivity contribution in [3.63, 3.8) is 0 Å². The molecule has 0 rings (SSSR count). The van der Waals surface area contributed by atoms with Crippen LogP contribution in [0.5, 0.6) is 0 Å². The number of rotatable bonds is 5. The molecule has 0 saturated heterocycles. The van der Waals surface area contributed by atoms with Crippen LogP contribution in [0.4, 0.5) is 4.79 Å². The van der Waals surface area contributed by atoms with E-state index in [4.69, 9.17) is 17.0 Å². The zero-order valence-electron chi connectivity index (χ0n) is 10.4. The Kier molecular flexibility index (Phi) is 7.84. The van der Waals surface area contributed by atoms with Crippen LogP contribution in [-0.4, -0.2) is 49.9 Å². The average molecular weight is 247 g/mol. The fourth-order valence-corrected chi connectivity index (χ4v) is 0.994. The van der Waals surface area contributed by atoms with Crippen LogP contribution < -0.4 is 10.6 Å². The van der Waals surface area contributed by atoms with Crippen LogP contribution in [-0.2, 0) is 4.74 Å². The number of carbonyl (C=O) groups is 1. The van der Waals surface area contributed by atoms with Crippen LogP contribution in [0.2, 0.25) is 0 Å². The number of carbonyl (C=O) groups excluding carboxylic acids is 1. The van der Waals surface area contributed by atoms with Gasteiger partial charge in [-0.15, -0.1) is 0 Å². The van der Waals surface area contributed by atoms with E-state index in [9.17, 15) is 4.79 Å². The third-order valence-corrected chi connectivity index (χ3v) is 1.85. The molecule has 6 heteroatoms. The van der Waals surface area contributed by atoms with Crippen molar-refractivity contribution in [1.82, 2.24) is 15.5 Å². The predicted molar refractivity (Wildman–Crippen MR) is 68.5 cm³/mol. The smallest absolute Gasteiger partial charge is 0.413 e. The van der Waals surface area contributed by atoms with Gasteiger partial charge in [0, 0.05) is 13.1 Å². The predicted octanol–water partition coefficient (Wildman–Crippen LogP) is 0.805.